The van der Waals surface area contributed by atoms with Gasteiger partial charge < -0.3 is 5.73 Å². The molecule has 112 valence electrons. The van der Waals surface area contributed by atoms with Crippen LogP contribution in [0.5, 0.6) is 0 Å². The fourth-order valence-corrected chi connectivity index (χ4v) is 2.87. The van der Waals surface area contributed by atoms with Crippen molar-refractivity contribution < 1.29 is 0 Å². The molecule has 1 aromatic heterocycles. The molecule has 0 aliphatic carbocycles. The van der Waals surface area contributed by atoms with Crippen LogP contribution in [-0.2, 0) is 13.1 Å². The molecule has 2 aromatic rings. The lowest BCUT2D eigenvalue weighted by atomic mass is 10.1. The summed E-state index contributed by atoms with van der Waals surface area (Å²) >= 11 is 1.97. The molecule has 0 bridgehead atoms. The molecule has 0 spiro atoms. The number of hydrogen-bond donors (Lipinski definition) is 1. The van der Waals surface area contributed by atoms with Gasteiger partial charge in [0, 0.05) is 37.3 Å². The standard InChI is InChI=1S/C17H23N3S/c1-2-21-12-11-20(14-16-8-5-6-10-19-16)13-15-7-3-4-9-17(15)18/h3-10H,2,11-14,18H2,1H3. The number of hydrogen-bond acceptors (Lipinski definition) is 4. The normalized spacial score (nSPS) is 11.0. The zero-order valence-electron chi connectivity index (χ0n) is 12.5. The molecule has 0 amide bonds. The van der Waals surface area contributed by atoms with Gasteiger partial charge in [0.15, 0.2) is 0 Å². The Hall–Kier alpha value is -1.52. The minimum absolute atomic E-state index is 0.861. The second-order valence-corrected chi connectivity index (χ2v) is 6.32. The van der Waals surface area contributed by atoms with Crippen LogP contribution in [0.4, 0.5) is 5.69 Å². The molecule has 0 unspecified atom stereocenters. The third-order valence-corrected chi connectivity index (χ3v) is 4.20. The lowest BCUT2D eigenvalue weighted by Gasteiger charge is -2.22. The number of anilines is 1. The van der Waals surface area contributed by atoms with Crippen LogP contribution in [-0.4, -0.2) is 27.9 Å². The van der Waals surface area contributed by atoms with E-state index in [1.807, 2.05) is 48.3 Å². The van der Waals surface area contributed by atoms with Crippen LogP contribution in [0.1, 0.15) is 18.2 Å². The van der Waals surface area contributed by atoms with Crippen LogP contribution in [0.15, 0.2) is 48.7 Å². The second kappa shape index (κ2) is 8.70. The zero-order chi connectivity index (χ0) is 14.9. The van der Waals surface area contributed by atoms with Gasteiger partial charge in [-0.3, -0.25) is 9.88 Å². The second-order valence-electron chi connectivity index (χ2n) is 4.93. The summed E-state index contributed by atoms with van der Waals surface area (Å²) in [4.78, 5) is 6.84. The molecule has 2 N–H and O–H groups in total. The number of rotatable bonds is 8. The quantitative estimate of drug-likeness (QED) is 0.599. The maximum Gasteiger partial charge on any atom is 0.0544 e. The van der Waals surface area contributed by atoms with Gasteiger partial charge in [0.2, 0.25) is 0 Å². The van der Waals surface area contributed by atoms with Crippen molar-refractivity contribution in [3.05, 3.63) is 59.9 Å². The van der Waals surface area contributed by atoms with Gasteiger partial charge in [-0.2, -0.15) is 11.8 Å². The van der Waals surface area contributed by atoms with E-state index < -0.39 is 0 Å². The fraction of sp³-hybridized carbons (Fsp3) is 0.353. The first-order chi connectivity index (χ1) is 10.3. The Balaban J connectivity index is 2.03. The Bertz CT molecular complexity index is 531. The van der Waals surface area contributed by atoms with Gasteiger partial charge in [-0.05, 0) is 29.5 Å². The number of nitrogen functional groups attached to an aromatic ring is 1. The molecule has 0 atom stereocenters. The van der Waals surface area contributed by atoms with Gasteiger partial charge in [-0.1, -0.05) is 31.2 Å². The van der Waals surface area contributed by atoms with Crippen molar-refractivity contribution in [2.75, 3.05) is 23.8 Å². The number of aromatic nitrogens is 1. The molecule has 3 nitrogen and oxygen atoms in total. The van der Waals surface area contributed by atoms with Crippen molar-refractivity contribution in [3.63, 3.8) is 0 Å². The van der Waals surface area contributed by atoms with Crippen LogP contribution in [0.25, 0.3) is 0 Å². The van der Waals surface area contributed by atoms with Gasteiger partial charge >= 0.3 is 0 Å². The molecule has 21 heavy (non-hydrogen) atoms. The third-order valence-electron chi connectivity index (χ3n) is 3.32. The average Bonchev–Trinajstić information content (AvgIpc) is 2.51. The summed E-state index contributed by atoms with van der Waals surface area (Å²) in [6, 6.07) is 14.2. The summed E-state index contributed by atoms with van der Waals surface area (Å²) in [7, 11) is 0. The molecule has 0 radical (unpaired) electrons. The molecular formula is C17H23N3S. The van der Waals surface area contributed by atoms with Gasteiger partial charge in [-0.25, -0.2) is 0 Å². The highest BCUT2D eigenvalue weighted by molar-refractivity contribution is 7.99. The minimum atomic E-state index is 0.861. The summed E-state index contributed by atoms with van der Waals surface area (Å²) in [6.07, 6.45) is 1.85. The maximum atomic E-state index is 6.07. The first-order valence-corrected chi connectivity index (χ1v) is 8.48. The maximum absolute atomic E-state index is 6.07. The molecule has 2 rings (SSSR count). The molecule has 0 saturated carbocycles. The van der Waals surface area contributed by atoms with E-state index in [9.17, 15) is 0 Å². The average molecular weight is 301 g/mol. The first-order valence-electron chi connectivity index (χ1n) is 7.33. The number of pyridine rings is 1. The monoisotopic (exact) mass is 301 g/mol. The zero-order valence-corrected chi connectivity index (χ0v) is 13.4. The predicted octanol–water partition coefficient (Wildman–Crippen LogP) is 3.42. The van der Waals surface area contributed by atoms with Gasteiger partial charge in [-0.15, -0.1) is 0 Å². The SMILES string of the molecule is CCSCCN(Cc1ccccn1)Cc1ccccc1N. The first kappa shape index (κ1) is 15.9. The van der Waals surface area contributed by atoms with E-state index >= 15 is 0 Å². The summed E-state index contributed by atoms with van der Waals surface area (Å²) in [5, 5.41) is 0. The smallest absolute Gasteiger partial charge is 0.0544 e. The van der Waals surface area contributed by atoms with E-state index in [1.165, 1.54) is 5.56 Å². The molecule has 0 aliphatic rings. The highest BCUT2D eigenvalue weighted by atomic mass is 32.2. The van der Waals surface area contributed by atoms with E-state index in [-0.39, 0.29) is 0 Å². The summed E-state index contributed by atoms with van der Waals surface area (Å²) in [5.74, 6) is 2.29. The molecule has 0 fully saturated rings. The summed E-state index contributed by atoms with van der Waals surface area (Å²) in [5.41, 5.74) is 9.23. The van der Waals surface area contributed by atoms with Gasteiger partial charge in [0.25, 0.3) is 0 Å². The lowest BCUT2D eigenvalue weighted by molar-refractivity contribution is 0.271. The van der Waals surface area contributed by atoms with Crippen LogP contribution in [0.2, 0.25) is 0 Å². The molecular weight excluding hydrogens is 278 g/mol. The number of para-hydroxylation sites is 1. The highest BCUT2D eigenvalue weighted by Crippen LogP contribution is 2.15. The van der Waals surface area contributed by atoms with E-state index in [1.54, 1.807) is 0 Å². The van der Waals surface area contributed by atoms with Crippen molar-refractivity contribution >= 4 is 17.4 Å². The van der Waals surface area contributed by atoms with E-state index in [0.29, 0.717) is 0 Å². The molecule has 1 heterocycles. The number of benzene rings is 1. The van der Waals surface area contributed by atoms with Crippen LogP contribution < -0.4 is 5.73 Å². The summed E-state index contributed by atoms with van der Waals surface area (Å²) in [6.45, 7) is 4.97. The Labute approximate surface area is 131 Å². The van der Waals surface area contributed by atoms with Crippen LogP contribution in [0.3, 0.4) is 0 Å². The van der Waals surface area contributed by atoms with E-state index in [0.717, 1.165) is 42.5 Å². The van der Waals surface area contributed by atoms with Crippen molar-refractivity contribution in [1.82, 2.24) is 9.88 Å². The third kappa shape index (κ3) is 5.40. The number of nitrogens with two attached hydrogens (primary N) is 1. The number of nitrogens with zero attached hydrogens (tertiary/aromatic N) is 2. The Morgan fingerprint density at radius 1 is 1.10 bits per heavy atom. The van der Waals surface area contributed by atoms with Crippen molar-refractivity contribution in [2.24, 2.45) is 0 Å². The molecule has 4 heteroatoms. The van der Waals surface area contributed by atoms with Gasteiger partial charge in [0.1, 0.15) is 0 Å². The number of thioether (sulfide) groups is 1. The van der Waals surface area contributed by atoms with Crippen LogP contribution >= 0.6 is 11.8 Å². The van der Waals surface area contributed by atoms with E-state index in [4.69, 9.17) is 5.73 Å². The van der Waals surface area contributed by atoms with Crippen molar-refractivity contribution in [2.45, 2.75) is 20.0 Å². The van der Waals surface area contributed by atoms with E-state index in [2.05, 4.69) is 28.9 Å². The van der Waals surface area contributed by atoms with Crippen LogP contribution in [0, 0.1) is 0 Å². The highest BCUT2D eigenvalue weighted by Gasteiger charge is 2.09. The summed E-state index contributed by atoms with van der Waals surface area (Å²) < 4.78 is 0. The fourth-order valence-electron chi connectivity index (χ4n) is 2.19. The lowest BCUT2D eigenvalue weighted by Crippen LogP contribution is -2.26. The van der Waals surface area contributed by atoms with Crippen molar-refractivity contribution in [1.29, 1.82) is 0 Å². The Morgan fingerprint density at radius 3 is 2.62 bits per heavy atom. The Kier molecular flexibility index (Phi) is 6.57. The molecule has 0 saturated heterocycles. The van der Waals surface area contributed by atoms with Crippen molar-refractivity contribution in [3.8, 4) is 0 Å². The van der Waals surface area contributed by atoms with Gasteiger partial charge in [0.05, 0.1) is 5.69 Å². The largest absolute Gasteiger partial charge is 0.398 e. The molecule has 1 aromatic carbocycles. The topological polar surface area (TPSA) is 42.2 Å². The predicted molar refractivity (Wildman–Crippen MR) is 92.2 cm³/mol. The Morgan fingerprint density at radius 2 is 1.90 bits per heavy atom. The molecule has 0 aliphatic heterocycles. The minimum Gasteiger partial charge on any atom is -0.398 e.